The van der Waals surface area contributed by atoms with Gasteiger partial charge in [0.2, 0.25) is 5.90 Å². The summed E-state index contributed by atoms with van der Waals surface area (Å²) in [5.74, 6) is 2.03. The number of aliphatic imine (C=N–C) groups is 1. The van der Waals surface area contributed by atoms with Crippen molar-refractivity contribution in [1.82, 2.24) is 0 Å². The number of carbonyl (C=O) groups is 1. The van der Waals surface area contributed by atoms with Crippen molar-refractivity contribution < 1.29 is 23.7 Å². The van der Waals surface area contributed by atoms with Gasteiger partial charge < -0.3 is 18.9 Å². The first-order valence-electron chi connectivity index (χ1n) is 9.79. The van der Waals surface area contributed by atoms with Crippen LogP contribution in [0.3, 0.4) is 0 Å². The first-order valence-corrected chi connectivity index (χ1v) is 9.79. The fourth-order valence-corrected chi connectivity index (χ4v) is 2.94. The van der Waals surface area contributed by atoms with Crippen LogP contribution in [0.25, 0.3) is 6.08 Å². The lowest BCUT2D eigenvalue weighted by Crippen LogP contribution is -2.09. The van der Waals surface area contributed by atoms with Crippen molar-refractivity contribution in [3.8, 4) is 17.2 Å². The van der Waals surface area contributed by atoms with Crippen molar-refractivity contribution in [1.29, 1.82) is 0 Å². The molecule has 1 aliphatic heterocycles. The number of hydrogen-bond donors (Lipinski definition) is 0. The second-order valence-corrected chi connectivity index (χ2v) is 6.65. The molecule has 4 rings (SSSR count). The van der Waals surface area contributed by atoms with Crippen LogP contribution in [0.4, 0.5) is 0 Å². The summed E-state index contributed by atoms with van der Waals surface area (Å²) in [6.45, 7) is 0.802. The molecule has 0 saturated heterocycles. The molecule has 0 radical (unpaired) electrons. The maximum absolute atomic E-state index is 12.1. The zero-order chi connectivity index (χ0) is 21.5. The summed E-state index contributed by atoms with van der Waals surface area (Å²) in [5.41, 5.74) is 1.85. The maximum atomic E-state index is 12.1. The van der Waals surface area contributed by atoms with E-state index in [-0.39, 0.29) is 5.70 Å². The first kappa shape index (κ1) is 20.2. The van der Waals surface area contributed by atoms with Gasteiger partial charge in [0.25, 0.3) is 0 Å². The lowest BCUT2D eigenvalue weighted by Gasteiger charge is -2.09. The molecule has 0 N–H and O–H groups in total. The van der Waals surface area contributed by atoms with E-state index in [0.29, 0.717) is 24.9 Å². The minimum atomic E-state index is -0.464. The Bertz CT molecular complexity index is 1100. The molecule has 0 amide bonds. The minimum absolute atomic E-state index is 0.263. The predicted octanol–water partition coefficient (Wildman–Crippen LogP) is 4.50. The van der Waals surface area contributed by atoms with Gasteiger partial charge in [0.1, 0.15) is 30.5 Å². The Morgan fingerprint density at radius 1 is 0.839 bits per heavy atom. The first-order chi connectivity index (χ1) is 15.2. The Morgan fingerprint density at radius 3 is 2.29 bits per heavy atom. The fourth-order valence-electron chi connectivity index (χ4n) is 2.94. The largest absolute Gasteiger partial charge is 0.497 e. The van der Waals surface area contributed by atoms with Crippen molar-refractivity contribution >= 4 is 17.9 Å². The molecule has 3 aromatic rings. The molecule has 1 aliphatic rings. The van der Waals surface area contributed by atoms with Gasteiger partial charge in [0.15, 0.2) is 5.70 Å². The zero-order valence-corrected chi connectivity index (χ0v) is 17.0. The summed E-state index contributed by atoms with van der Waals surface area (Å²) in [4.78, 5) is 16.4. The molecule has 31 heavy (non-hydrogen) atoms. The van der Waals surface area contributed by atoms with Gasteiger partial charge in [-0.1, -0.05) is 36.4 Å². The molecule has 0 spiro atoms. The second-order valence-electron chi connectivity index (χ2n) is 6.65. The molecule has 156 valence electrons. The van der Waals surface area contributed by atoms with E-state index in [1.54, 1.807) is 13.2 Å². The minimum Gasteiger partial charge on any atom is -0.497 e. The molecule has 0 fully saturated rings. The van der Waals surface area contributed by atoms with Gasteiger partial charge in [-0.2, -0.15) is 0 Å². The number of rotatable bonds is 8. The Morgan fingerprint density at radius 2 is 1.55 bits per heavy atom. The Kier molecular flexibility index (Phi) is 6.28. The average Bonchev–Trinajstić information content (AvgIpc) is 3.18. The topological polar surface area (TPSA) is 66.3 Å². The van der Waals surface area contributed by atoms with E-state index in [2.05, 4.69) is 4.99 Å². The van der Waals surface area contributed by atoms with Crippen LogP contribution in [0, 0.1) is 0 Å². The molecule has 3 aromatic carbocycles. The summed E-state index contributed by atoms with van der Waals surface area (Å²) in [7, 11) is 1.62. The maximum Gasteiger partial charge on any atom is 0.363 e. The lowest BCUT2D eigenvalue weighted by atomic mass is 10.2. The van der Waals surface area contributed by atoms with Gasteiger partial charge in [-0.15, -0.1) is 0 Å². The van der Waals surface area contributed by atoms with Gasteiger partial charge >= 0.3 is 5.97 Å². The van der Waals surface area contributed by atoms with Gasteiger partial charge in [-0.25, -0.2) is 9.79 Å². The Labute approximate surface area is 180 Å². The number of cyclic esters (lactones) is 1. The fraction of sp³-hybridized carbons (Fsp3) is 0.120. The quantitative estimate of drug-likeness (QED) is 0.308. The molecular formula is C25H21NO5. The monoisotopic (exact) mass is 415 g/mol. The molecule has 0 unspecified atom stereocenters. The van der Waals surface area contributed by atoms with E-state index in [0.717, 1.165) is 22.6 Å². The van der Waals surface area contributed by atoms with E-state index in [1.807, 2.05) is 78.9 Å². The molecular weight excluding hydrogens is 394 g/mol. The predicted molar refractivity (Wildman–Crippen MR) is 117 cm³/mol. The smallest absolute Gasteiger partial charge is 0.363 e. The summed E-state index contributed by atoms with van der Waals surface area (Å²) in [5, 5.41) is 0. The highest BCUT2D eigenvalue weighted by Gasteiger charge is 2.23. The number of hydrogen-bond acceptors (Lipinski definition) is 6. The van der Waals surface area contributed by atoms with Crippen LogP contribution in [0.15, 0.2) is 89.6 Å². The standard InChI is InChI=1S/C25H21NO5/c1-28-21-8-5-9-22(17-21)30-15-14-29-20-12-10-18(11-13-20)16-23-25(27)31-24(26-23)19-6-3-2-4-7-19/h2-13,16-17H,14-15H2,1H3/b23-16-. The van der Waals surface area contributed by atoms with Crippen LogP contribution in [0.5, 0.6) is 17.2 Å². The van der Waals surface area contributed by atoms with Gasteiger partial charge in [-0.05, 0) is 48.0 Å². The SMILES string of the molecule is COc1cccc(OCCOc2ccc(/C=C3\N=C(c4ccccc4)OC3=O)cc2)c1. The average molecular weight is 415 g/mol. The third kappa shape index (κ3) is 5.30. The number of methoxy groups -OCH3 is 1. The van der Waals surface area contributed by atoms with Crippen molar-refractivity contribution in [2.24, 2.45) is 4.99 Å². The number of nitrogens with zero attached hydrogens (tertiary/aromatic N) is 1. The van der Waals surface area contributed by atoms with Crippen LogP contribution >= 0.6 is 0 Å². The summed E-state index contributed by atoms with van der Waals surface area (Å²) in [6, 6.07) is 24.1. The number of benzene rings is 3. The number of esters is 1. The van der Waals surface area contributed by atoms with E-state index < -0.39 is 5.97 Å². The van der Waals surface area contributed by atoms with Crippen LogP contribution in [-0.4, -0.2) is 32.2 Å². The Balaban J connectivity index is 1.32. The summed E-state index contributed by atoms with van der Waals surface area (Å²) >= 11 is 0. The van der Waals surface area contributed by atoms with E-state index in [1.165, 1.54) is 0 Å². The lowest BCUT2D eigenvalue weighted by molar-refractivity contribution is -0.129. The summed E-state index contributed by atoms with van der Waals surface area (Å²) in [6.07, 6.45) is 1.69. The van der Waals surface area contributed by atoms with Crippen LogP contribution < -0.4 is 14.2 Å². The third-order valence-corrected chi connectivity index (χ3v) is 4.49. The molecule has 0 bridgehead atoms. The van der Waals surface area contributed by atoms with Crippen LogP contribution in [0.2, 0.25) is 0 Å². The van der Waals surface area contributed by atoms with Crippen LogP contribution in [0.1, 0.15) is 11.1 Å². The highest BCUT2D eigenvalue weighted by atomic mass is 16.6. The summed E-state index contributed by atoms with van der Waals surface area (Å²) < 4.78 is 21.8. The molecule has 0 aromatic heterocycles. The van der Waals surface area contributed by atoms with E-state index in [4.69, 9.17) is 18.9 Å². The normalized spacial score (nSPS) is 14.2. The van der Waals surface area contributed by atoms with Gasteiger partial charge in [0, 0.05) is 11.6 Å². The Hall–Kier alpha value is -4.06. The van der Waals surface area contributed by atoms with E-state index in [9.17, 15) is 4.79 Å². The van der Waals surface area contributed by atoms with Crippen molar-refractivity contribution in [3.05, 3.63) is 95.7 Å². The molecule has 1 heterocycles. The molecule has 0 aliphatic carbocycles. The van der Waals surface area contributed by atoms with Gasteiger partial charge in [0.05, 0.1) is 7.11 Å². The van der Waals surface area contributed by atoms with Crippen molar-refractivity contribution in [2.45, 2.75) is 0 Å². The molecule has 6 heteroatoms. The van der Waals surface area contributed by atoms with Crippen molar-refractivity contribution in [2.75, 3.05) is 20.3 Å². The molecule has 6 nitrogen and oxygen atoms in total. The molecule has 0 atom stereocenters. The highest BCUT2D eigenvalue weighted by molar-refractivity contribution is 6.12. The van der Waals surface area contributed by atoms with Crippen LogP contribution in [-0.2, 0) is 9.53 Å². The number of ether oxygens (including phenoxy) is 4. The zero-order valence-electron chi connectivity index (χ0n) is 17.0. The van der Waals surface area contributed by atoms with E-state index >= 15 is 0 Å². The van der Waals surface area contributed by atoms with Gasteiger partial charge in [-0.3, -0.25) is 0 Å². The number of carbonyl (C=O) groups excluding carboxylic acids is 1. The third-order valence-electron chi connectivity index (χ3n) is 4.49. The molecule has 0 saturated carbocycles. The van der Waals surface area contributed by atoms with Crippen molar-refractivity contribution in [3.63, 3.8) is 0 Å². The second kappa shape index (κ2) is 9.63. The highest BCUT2D eigenvalue weighted by Crippen LogP contribution is 2.21.